The lowest BCUT2D eigenvalue weighted by atomic mass is 9.61. The lowest BCUT2D eigenvalue weighted by molar-refractivity contribution is -0.0146. The Labute approximate surface area is 76.1 Å². The van der Waals surface area contributed by atoms with Gasteiger partial charge in [0, 0.05) is 13.1 Å². The van der Waals surface area contributed by atoms with Gasteiger partial charge in [-0.25, -0.2) is 0 Å². The minimum absolute atomic E-state index is 0.926. The minimum Gasteiger partial charge on any atom is -0.306 e. The van der Waals surface area contributed by atoms with Gasteiger partial charge in [-0.1, -0.05) is 13.8 Å². The molecule has 0 aromatic rings. The molecule has 70 valence electrons. The highest BCUT2D eigenvalue weighted by molar-refractivity contribution is 4.93. The van der Waals surface area contributed by atoms with Crippen LogP contribution in [-0.2, 0) is 0 Å². The molecule has 2 fully saturated rings. The summed E-state index contributed by atoms with van der Waals surface area (Å²) in [6.07, 6.45) is 3.02. The molecule has 0 bridgehead atoms. The topological polar surface area (TPSA) is 3.24 Å². The van der Waals surface area contributed by atoms with E-state index in [9.17, 15) is 0 Å². The van der Waals surface area contributed by atoms with Gasteiger partial charge in [0.05, 0.1) is 0 Å². The van der Waals surface area contributed by atoms with E-state index in [4.69, 9.17) is 0 Å². The van der Waals surface area contributed by atoms with E-state index in [0.717, 1.165) is 23.7 Å². The highest BCUT2D eigenvalue weighted by atomic mass is 15.2. The maximum atomic E-state index is 2.44. The summed E-state index contributed by atoms with van der Waals surface area (Å²) in [6, 6.07) is 0. The second-order valence-corrected chi connectivity index (χ2v) is 5.13. The monoisotopic (exact) mass is 167 g/mol. The maximum Gasteiger partial charge on any atom is 0.00217 e. The summed E-state index contributed by atoms with van der Waals surface area (Å²) < 4.78 is 0. The van der Waals surface area contributed by atoms with Crippen molar-refractivity contribution in [3.05, 3.63) is 0 Å². The molecule has 1 heterocycles. The van der Waals surface area contributed by atoms with Gasteiger partial charge in [-0.05, 0) is 43.6 Å². The van der Waals surface area contributed by atoms with Crippen LogP contribution in [0.3, 0.4) is 0 Å². The van der Waals surface area contributed by atoms with Gasteiger partial charge in [-0.2, -0.15) is 0 Å². The standard InChI is InChI=1S/C11H21N/c1-8(2)10-4-5-11(10)9-6-12(3)7-9/h8-11H,4-7H2,1-3H3. The molecule has 0 aromatic heterocycles. The molecule has 1 saturated carbocycles. The zero-order valence-corrected chi connectivity index (χ0v) is 8.59. The third kappa shape index (κ3) is 1.28. The van der Waals surface area contributed by atoms with Crippen molar-refractivity contribution in [2.75, 3.05) is 20.1 Å². The largest absolute Gasteiger partial charge is 0.306 e. The van der Waals surface area contributed by atoms with Crippen LogP contribution < -0.4 is 0 Å². The molecule has 1 aliphatic heterocycles. The van der Waals surface area contributed by atoms with Gasteiger partial charge in [0.25, 0.3) is 0 Å². The third-order valence-electron chi connectivity index (χ3n) is 3.94. The predicted octanol–water partition coefficient (Wildman–Crippen LogP) is 2.23. The summed E-state index contributed by atoms with van der Waals surface area (Å²) in [4.78, 5) is 2.44. The summed E-state index contributed by atoms with van der Waals surface area (Å²) in [7, 11) is 2.24. The summed E-state index contributed by atoms with van der Waals surface area (Å²) >= 11 is 0. The Morgan fingerprint density at radius 3 is 2.17 bits per heavy atom. The Balaban J connectivity index is 1.82. The molecule has 2 rings (SSSR count). The van der Waals surface area contributed by atoms with Crippen LogP contribution in [0.1, 0.15) is 26.7 Å². The first-order valence-corrected chi connectivity index (χ1v) is 5.37. The predicted molar refractivity (Wildman–Crippen MR) is 52.0 cm³/mol. The molecular weight excluding hydrogens is 146 g/mol. The molecule has 1 aliphatic carbocycles. The zero-order valence-electron chi connectivity index (χ0n) is 8.59. The Kier molecular flexibility index (Phi) is 2.16. The van der Waals surface area contributed by atoms with Crippen LogP contribution in [0.4, 0.5) is 0 Å². The zero-order chi connectivity index (χ0) is 8.72. The molecule has 1 nitrogen and oxygen atoms in total. The van der Waals surface area contributed by atoms with Gasteiger partial charge in [0.1, 0.15) is 0 Å². The van der Waals surface area contributed by atoms with E-state index in [2.05, 4.69) is 25.8 Å². The maximum absolute atomic E-state index is 2.44. The average Bonchev–Trinajstić information content (AvgIpc) is 1.80. The summed E-state index contributed by atoms with van der Waals surface area (Å²) in [5, 5.41) is 0. The number of hydrogen-bond acceptors (Lipinski definition) is 1. The molecule has 0 aromatic carbocycles. The molecule has 12 heavy (non-hydrogen) atoms. The molecule has 2 aliphatic rings. The van der Waals surface area contributed by atoms with Crippen LogP contribution in [0.2, 0.25) is 0 Å². The first kappa shape index (κ1) is 8.55. The molecule has 0 amide bonds. The Morgan fingerprint density at radius 2 is 1.83 bits per heavy atom. The van der Waals surface area contributed by atoms with Crippen molar-refractivity contribution in [3.8, 4) is 0 Å². The van der Waals surface area contributed by atoms with E-state index in [-0.39, 0.29) is 0 Å². The van der Waals surface area contributed by atoms with Crippen molar-refractivity contribution in [2.45, 2.75) is 26.7 Å². The SMILES string of the molecule is CC(C)C1CCC1C1CN(C)C1. The van der Waals surface area contributed by atoms with E-state index < -0.39 is 0 Å². The van der Waals surface area contributed by atoms with E-state index in [1.165, 1.54) is 25.9 Å². The lowest BCUT2D eigenvalue weighted by Crippen LogP contribution is -2.52. The van der Waals surface area contributed by atoms with E-state index >= 15 is 0 Å². The van der Waals surface area contributed by atoms with E-state index in [1.807, 2.05) is 0 Å². The fraction of sp³-hybridized carbons (Fsp3) is 1.00. The summed E-state index contributed by atoms with van der Waals surface area (Å²) in [5.74, 6) is 4.12. The number of likely N-dealkylation sites (tertiary alicyclic amines) is 1. The van der Waals surface area contributed by atoms with Crippen molar-refractivity contribution < 1.29 is 0 Å². The number of nitrogens with zero attached hydrogens (tertiary/aromatic N) is 1. The summed E-state index contributed by atoms with van der Waals surface area (Å²) in [6.45, 7) is 7.51. The van der Waals surface area contributed by atoms with Crippen molar-refractivity contribution in [3.63, 3.8) is 0 Å². The van der Waals surface area contributed by atoms with Crippen molar-refractivity contribution in [1.82, 2.24) is 4.90 Å². The average molecular weight is 167 g/mol. The molecule has 2 unspecified atom stereocenters. The van der Waals surface area contributed by atoms with Gasteiger partial charge in [0.15, 0.2) is 0 Å². The fourth-order valence-corrected chi connectivity index (χ4v) is 2.98. The Hall–Kier alpha value is -0.0400. The molecule has 1 heteroatoms. The fourth-order valence-electron chi connectivity index (χ4n) is 2.98. The van der Waals surface area contributed by atoms with Gasteiger partial charge in [0.2, 0.25) is 0 Å². The quantitative estimate of drug-likeness (QED) is 0.609. The van der Waals surface area contributed by atoms with Gasteiger partial charge in [-0.15, -0.1) is 0 Å². The molecule has 0 N–H and O–H groups in total. The van der Waals surface area contributed by atoms with Crippen LogP contribution in [0, 0.1) is 23.7 Å². The van der Waals surface area contributed by atoms with E-state index in [0.29, 0.717) is 0 Å². The third-order valence-corrected chi connectivity index (χ3v) is 3.94. The Morgan fingerprint density at radius 1 is 1.17 bits per heavy atom. The Bertz CT molecular complexity index is 158. The van der Waals surface area contributed by atoms with Gasteiger partial charge < -0.3 is 4.90 Å². The number of rotatable bonds is 2. The molecule has 1 saturated heterocycles. The smallest absolute Gasteiger partial charge is 0.00217 e. The summed E-state index contributed by atoms with van der Waals surface area (Å²) in [5.41, 5.74) is 0. The van der Waals surface area contributed by atoms with Gasteiger partial charge in [-0.3, -0.25) is 0 Å². The van der Waals surface area contributed by atoms with Crippen molar-refractivity contribution in [1.29, 1.82) is 0 Å². The molecule has 2 atom stereocenters. The first-order chi connectivity index (χ1) is 5.68. The normalized spacial score (nSPS) is 38.0. The van der Waals surface area contributed by atoms with Crippen molar-refractivity contribution >= 4 is 0 Å². The molecular formula is C11H21N. The highest BCUT2D eigenvalue weighted by Gasteiger charge is 2.42. The van der Waals surface area contributed by atoms with Crippen LogP contribution in [0.15, 0.2) is 0 Å². The van der Waals surface area contributed by atoms with Crippen molar-refractivity contribution in [2.24, 2.45) is 23.7 Å². The van der Waals surface area contributed by atoms with Crippen LogP contribution in [-0.4, -0.2) is 25.0 Å². The first-order valence-electron chi connectivity index (χ1n) is 5.37. The number of hydrogen-bond donors (Lipinski definition) is 0. The van der Waals surface area contributed by atoms with Gasteiger partial charge >= 0.3 is 0 Å². The van der Waals surface area contributed by atoms with Crippen LogP contribution in [0.5, 0.6) is 0 Å². The highest BCUT2D eigenvalue weighted by Crippen LogP contribution is 2.46. The molecule has 0 spiro atoms. The van der Waals surface area contributed by atoms with Crippen LogP contribution >= 0.6 is 0 Å². The van der Waals surface area contributed by atoms with E-state index in [1.54, 1.807) is 0 Å². The minimum atomic E-state index is 0.926. The molecule has 0 radical (unpaired) electrons. The second-order valence-electron chi connectivity index (χ2n) is 5.13. The second kappa shape index (κ2) is 3.02. The van der Waals surface area contributed by atoms with Crippen LogP contribution in [0.25, 0.3) is 0 Å². The lowest BCUT2D eigenvalue weighted by Gasteiger charge is -2.51.